The van der Waals surface area contributed by atoms with Gasteiger partial charge < -0.3 is 0 Å². The van der Waals surface area contributed by atoms with Crippen molar-refractivity contribution >= 4 is 40.7 Å². The zero-order valence-electron chi connectivity index (χ0n) is 15.4. The van der Waals surface area contributed by atoms with Crippen molar-refractivity contribution in [3.8, 4) is 17.1 Å². The number of nitro benzene ring substituents is 1. The van der Waals surface area contributed by atoms with Crippen LogP contribution in [0.4, 0.5) is 5.69 Å². The van der Waals surface area contributed by atoms with E-state index in [1.54, 1.807) is 30.3 Å². The Morgan fingerprint density at radius 3 is 2.33 bits per heavy atom. The molecule has 0 fully saturated rings. The first kappa shape index (κ1) is 20.4. The fourth-order valence-electron chi connectivity index (χ4n) is 2.93. The molecule has 1 aromatic heterocycles. The van der Waals surface area contributed by atoms with E-state index >= 15 is 0 Å². The van der Waals surface area contributed by atoms with E-state index in [4.69, 9.17) is 23.2 Å². The molecule has 0 amide bonds. The Morgan fingerprint density at radius 1 is 0.933 bits per heavy atom. The zero-order valence-corrected chi connectivity index (χ0v) is 17.7. The average Bonchev–Trinajstić information content (AvgIpc) is 3.18. The summed E-state index contributed by atoms with van der Waals surface area (Å²) in [7, 11) is 0. The van der Waals surface area contributed by atoms with E-state index < -0.39 is 4.92 Å². The molecule has 0 radical (unpaired) electrons. The van der Waals surface area contributed by atoms with Gasteiger partial charge in [-0.2, -0.15) is 0 Å². The van der Waals surface area contributed by atoms with Gasteiger partial charge in [0, 0.05) is 39.2 Å². The topological polar surface area (TPSA) is 73.8 Å². The van der Waals surface area contributed by atoms with Crippen molar-refractivity contribution in [1.82, 2.24) is 14.8 Å². The molecule has 4 aromatic rings. The van der Waals surface area contributed by atoms with Gasteiger partial charge in [-0.3, -0.25) is 14.7 Å². The normalized spacial score (nSPS) is 10.9. The van der Waals surface area contributed by atoms with Crippen molar-refractivity contribution in [3.05, 3.63) is 98.5 Å². The van der Waals surface area contributed by atoms with Crippen molar-refractivity contribution < 1.29 is 4.92 Å². The summed E-state index contributed by atoms with van der Waals surface area (Å²) in [6.45, 7) is 0. The van der Waals surface area contributed by atoms with Gasteiger partial charge in [0.1, 0.15) is 0 Å². The van der Waals surface area contributed by atoms with Crippen LogP contribution in [0.5, 0.6) is 0 Å². The molecule has 0 N–H and O–H groups in total. The SMILES string of the molecule is O=[N+]([O-])c1cccc(-c2nnc(SCc3c(Cl)cccc3Cl)n2-c2ccccc2)c1. The van der Waals surface area contributed by atoms with Crippen molar-refractivity contribution in [1.29, 1.82) is 0 Å². The third kappa shape index (κ3) is 4.18. The lowest BCUT2D eigenvalue weighted by atomic mass is 10.2. The highest BCUT2D eigenvalue weighted by Gasteiger charge is 2.19. The minimum absolute atomic E-state index is 0.00726. The molecule has 3 aromatic carbocycles. The Hall–Kier alpha value is -2.87. The highest BCUT2D eigenvalue weighted by atomic mass is 35.5. The average molecular weight is 457 g/mol. The molecule has 0 saturated carbocycles. The Bertz CT molecular complexity index is 1190. The highest BCUT2D eigenvalue weighted by Crippen LogP contribution is 2.34. The number of hydrogen-bond acceptors (Lipinski definition) is 5. The van der Waals surface area contributed by atoms with Crippen LogP contribution in [0.15, 0.2) is 78.0 Å². The van der Waals surface area contributed by atoms with Crippen LogP contribution in [0.25, 0.3) is 17.1 Å². The first-order chi connectivity index (χ1) is 14.5. The Morgan fingerprint density at radius 2 is 1.63 bits per heavy atom. The number of aromatic nitrogens is 3. The van der Waals surface area contributed by atoms with Crippen molar-refractivity contribution in [3.63, 3.8) is 0 Å². The van der Waals surface area contributed by atoms with Crippen LogP contribution in [-0.4, -0.2) is 19.7 Å². The van der Waals surface area contributed by atoms with Crippen LogP contribution >= 0.6 is 35.0 Å². The lowest BCUT2D eigenvalue weighted by Gasteiger charge is -2.11. The van der Waals surface area contributed by atoms with Crippen LogP contribution in [-0.2, 0) is 5.75 Å². The number of benzene rings is 3. The summed E-state index contributed by atoms with van der Waals surface area (Å²) < 4.78 is 1.87. The maximum atomic E-state index is 11.2. The molecule has 6 nitrogen and oxygen atoms in total. The predicted octanol–water partition coefficient (Wildman–Crippen LogP) is 6.44. The summed E-state index contributed by atoms with van der Waals surface area (Å²) in [6, 6.07) is 21.3. The number of hydrogen-bond donors (Lipinski definition) is 0. The van der Waals surface area contributed by atoms with E-state index in [2.05, 4.69) is 10.2 Å². The second-order valence-electron chi connectivity index (χ2n) is 6.27. The van der Waals surface area contributed by atoms with Crippen LogP contribution < -0.4 is 0 Å². The molecule has 0 spiro atoms. The molecule has 0 unspecified atom stereocenters. The fourth-order valence-corrected chi connectivity index (χ4v) is 4.62. The molecule has 0 bridgehead atoms. The Labute approximate surface area is 186 Å². The third-order valence-electron chi connectivity index (χ3n) is 4.37. The number of para-hydroxylation sites is 1. The van der Waals surface area contributed by atoms with E-state index in [0.29, 0.717) is 32.3 Å². The van der Waals surface area contributed by atoms with Gasteiger partial charge in [0.15, 0.2) is 11.0 Å². The van der Waals surface area contributed by atoms with E-state index in [1.165, 1.54) is 23.9 Å². The molecule has 9 heteroatoms. The van der Waals surface area contributed by atoms with Crippen molar-refractivity contribution in [2.75, 3.05) is 0 Å². The molecule has 150 valence electrons. The summed E-state index contributed by atoms with van der Waals surface area (Å²) >= 11 is 14.0. The van der Waals surface area contributed by atoms with Crippen LogP contribution in [0, 0.1) is 10.1 Å². The number of thioether (sulfide) groups is 1. The van der Waals surface area contributed by atoms with Gasteiger partial charge in [0.2, 0.25) is 0 Å². The van der Waals surface area contributed by atoms with E-state index in [-0.39, 0.29) is 5.69 Å². The largest absolute Gasteiger partial charge is 0.270 e. The molecule has 0 aliphatic rings. The number of halogens is 2. The minimum Gasteiger partial charge on any atom is -0.270 e. The fraction of sp³-hybridized carbons (Fsp3) is 0.0476. The molecule has 1 heterocycles. The van der Waals surface area contributed by atoms with Crippen molar-refractivity contribution in [2.45, 2.75) is 10.9 Å². The number of nitrogens with zero attached hydrogens (tertiary/aromatic N) is 4. The van der Waals surface area contributed by atoms with E-state index in [1.807, 2.05) is 34.9 Å². The van der Waals surface area contributed by atoms with Gasteiger partial charge in [0.25, 0.3) is 5.69 Å². The monoisotopic (exact) mass is 456 g/mol. The van der Waals surface area contributed by atoms with Gasteiger partial charge >= 0.3 is 0 Å². The minimum atomic E-state index is -0.429. The smallest absolute Gasteiger partial charge is 0.270 e. The van der Waals surface area contributed by atoms with Crippen LogP contribution in [0.2, 0.25) is 10.0 Å². The molecule has 30 heavy (non-hydrogen) atoms. The summed E-state index contributed by atoms with van der Waals surface area (Å²) in [6.07, 6.45) is 0. The van der Waals surface area contributed by atoms with E-state index in [9.17, 15) is 10.1 Å². The maximum Gasteiger partial charge on any atom is 0.270 e. The highest BCUT2D eigenvalue weighted by molar-refractivity contribution is 7.98. The molecular weight excluding hydrogens is 443 g/mol. The maximum absolute atomic E-state index is 11.2. The quantitative estimate of drug-likeness (QED) is 0.189. The van der Waals surface area contributed by atoms with Crippen LogP contribution in [0.3, 0.4) is 0 Å². The second-order valence-corrected chi connectivity index (χ2v) is 8.03. The van der Waals surface area contributed by atoms with Gasteiger partial charge in [-0.15, -0.1) is 10.2 Å². The summed E-state index contributed by atoms with van der Waals surface area (Å²) in [5, 5.41) is 21.7. The third-order valence-corrected chi connectivity index (χ3v) is 6.03. The number of rotatable bonds is 6. The summed E-state index contributed by atoms with van der Waals surface area (Å²) in [5.74, 6) is 1.01. The summed E-state index contributed by atoms with van der Waals surface area (Å²) in [4.78, 5) is 10.8. The van der Waals surface area contributed by atoms with Crippen molar-refractivity contribution in [2.24, 2.45) is 0 Å². The standard InChI is InChI=1S/C21H14Cl2N4O2S/c22-18-10-5-11-19(23)17(18)13-30-21-25-24-20(26(21)15-7-2-1-3-8-15)14-6-4-9-16(12-14)27(28)29/h1-12H,13H2. The molecule has 0 saturated heterocycles. The first-order valence-electron chi connectivity index (χ1n) is 8.86. The molecule has 4 rings (SSSR count). The lowest BCUT2D eigenvalue weighted by molar-refractivity contribution is -0.384. The van der Waals surface area contributed by atoms with Gasteiger partial charge in [0.05, 0.1) is 4.92 Å². The van der Waals surface area contributed by atoms with Crippen LogP contribution in [0.1, 0.15) is 5.56 Å². The second kappa shape index (κ2) is 8.87. The van der Waals surface area contributed by atoms with Gasteiger partial charge in [-0.1, -0.05) is 71.4 Å². The Balaban J connectivity index is 1.77. The van der Waals surface area contributed by atoms with E-state index in [0.717, 1.165) is 11.3 Å². The summed E-state index contributed by atoms with van der Waals surface area (Å²) in [5.41, 5.74) is 2.25. The Kier molecular flexibility index (Phi) is 6.03. The molecule has 0 atom stereocenters. The van der Waals surface area contributed by atoms with Gasteiger partial charge in [-0.05, 0) is 29.8 Å². The lowest BCUT2D eigenvalue weighted by Crippen LogP contribution is -2.00. The van der Waals surface area contributed by atoms with Gasteiger partial charge in [-0.25, -0.2) is 0 Å². The predicted molar refractivity (Wildman–Crippen MR) is 119 cm³/mol. The number of non-ortho nitro benzene ring substituents is 1. The number of nitro groups is 1. The first-order valence-corrected chi connectivity index (χ1v) is 10.6. The molecule has 0 aliphatic carbocycles. The zero-order chi connectivity index (χ0) is 21.1. The molecule has 0 aliphatic heterocycles. The molecular formula is C21H14Cl2N4O2S.